The Hall–Kier alpha value is -0.440. The van der Waals surface area contributed by atoms with Crippen LogP contribution >= 0.6 is 11.6 Å². The van der Waals surface area contributed by atoms with Gasteiger partial charge >= 0.3 is 0 Å². The molecule has 0 aromatic heterocycles. The number of hydrogen-bond acceptors (Lipinski definition) is 6. The maximum atomic E-state index is 12.8. The topological polar surface area (TPSA) is 89.2 Å². The Balaban J connectivity index is 1.26. The first kappa shape index (κ1) is 22.7. The Labute approximate surface area is 186 Å². The van der Waals surface area contributed by atoms with Crippen LogP contribution in [0.25, 0.3) is 0 Å². The SMILES string of the molecule is CC1CCC(NC(=O)C2CCNC(Cl)C2)CC1NC1NCCC(C2CCCNC2)N1. The van der Waals surface area contributed by atoms with E-state index in [2.05, 4.69) is 38.8 Å². The van der Waals surface area contributed by atoms with Crippen molar-refractivity contribution in [3.05, 3.63) is 0 Å². The van der Waals surface area contributed by atoms with Crippen LogP contribution < -0.4 is 31.9 Å². The quantitative estimate of drug-likeness (QED) is 0.283. The molecule has 0 spiro atoms. The Kier molecular flexibility index (Phi) is 8.28. The van der Waals surface area contributed by atoms with Crippen LogP contribution in [0.4, 0.5) is 0 Å². The van der Waals surface area contributed by atoms with E-state index in [-0.39, 0.29) is 29.7 Å². The average molecular weight is 441 g/mol. The summed E-state index contributed by atoms with van der Waals surface area (Å²) in [5.41, 5.74) is -0.0777. The van der Waals surface area contributed by atoms with Gasteiger partial charge in [-0.05, 0) is 89.4 Å². The van der Waals surface area contributed by atoms with Crippen molar-refractivity contribution in [1.82, 2.24) is 31.9 Å². The van der Waals surface area contributed by atoms with Gasteiger partial charge in [0.25, 0.3) is 0 Å². The molecule has 0 radical (unpaired) electrons. The molecule has 1 aliphatic carbocycles. The van der Waals surface area contributed by atoms with Gasteiger partial charge < -0.3 is 16.0 Å². The largest absolute Gasteiger partial charge is 0.353 e. The summed E-state index contributed by atoms with van der Waals surface area (Å²) in [5.74, 6) is 1.59. The molecule has 3 saturated heterocycles. The molecule has 8 unspecified atom stereocenters. The minimum Gasteiger partial charge on any atom is -0.353 e. The molecule has 1 amide bonds. The van der Waals surface area contributed by atoms with Crippen LogP contribution in [0.15, 0.2) is 0 Å². The summed E-state index contributed by atoms with van der Waals surface area (Å²) in [4.78, 5) is 12.8. The van der Waals surface area contributed by atoms with Crippen molar-refractivity contribution in [2.24, 2.45) is 17.8 Å². The van der Waals surface area contributed by atoms with E-state index in [9.17, 15) is 4.79 Å². The molecular weight excluding hydrogens is 400 g/mol. The lowest BCUT2D eigenvalue weighted by atomic mass is 9.82. The van der Waals surface area contributed by atoms with Crippen LogP contribution in [0, 0.1) is 17.8 Å². The van der Waals surface area contributed by atoms with Crippen molar-refractivity contribution in [2.45, 2.75) is 88.2 Å². The smallest absolute Gasteiger partial charge is 0.223 e. The number of carbonyl (C=O) groups is 1. The second kappa shape index (κ2) is 10.9. The number of nitrogens with one attached hydrogen (secondary N) is 6. The molecule has 0 bridgehead atoms. The zero-order valence-corrected chi connectivity index (χ0v) is 19.1. The second-order valence-corrected chi connectivity index (χ2v) is 10.5. The van der Waals surface area contributed by atoms with Crippen LogP contribution in [0.3, 0.4) is 0 Å². The molecular formula is C22H41ClN6O. The molecule has 0 aromatic carbocycles. The summed E-state index contributed by atoms with van der Waals surface area (Å²) in [6.45, 7) is 6.53. The van der Waals surface area contributed by atoms with Gasteiger partial charge in [-0.2, -0.15) is 0 Å². The second-order valence-electron chi connectivity index (χ2n) is 9.97. The monoisotopic (exact) mass is 440 g/mol. The van der Waals surface area contributed by atoms with Crippen molar-refractivity contribution in [2.75, 3.05) is 26.2 Å². The molecule has 7 nitrogen and oxygen atoms in total. The Morgan fingerprint density at radius 2 is 1.87 bits per heavy atom. The molecule has 0 aromatic rings. The Morgan fingerprint density at radius 1 is 1.00 bits per heavy atom. The van der Waals surface area contributed by atoms with E-state index in [4.69, 9.17) is 11.6 Å². The summed E-state index contributed by atoms with van der Waals surface area (Å²) < 4.78 is 0. The normalized spacial score (nSPS) is 43.1. The standard InChI is InChI=1S/C22H41ClN6O/c1-14-4-5-17(27-21(30)15-6-9-25-20(23)11-15)12-19(14)29-22-26-10-7-18(28-22)16-3-2-8-24-13-16/h14-20,22,24-26,28-29H,2-13H2,1H3,(H,27,30). The number of halogens is 1. The van der Waals surface area contributed by atoms with Gasteiger partial charge in [-0.15, -0.1) is 11.6 Å². The summed E-state index contributed by atoms with van der Waals surface area (Å²) in [7, 11) is 0. The molecule has 3 aliphatic heterocycles. The third kappa shape index (κ3) is 6.08. The van der Waals surface area contributed by atoms with E-state index in [1.807, 2.05) is 0 Å². The number of hydrogen-bond donors (Lipinski definition) is 6. The van der Waals surface area contributed by atoms with Gasteiger partial charge in [0.15, 0.2) is 0 Å². The summed E-state index contributed by atoms with van der Waals surface area (Å²) in [6.07, 6.45) is 8.80. The van der Waals surface area contributed by atoms with E-state index in [0.29, 0.717) is 18.0 Å². The van der Waals surface area contributed by atoms with E-state index in [0.717, 1.165) is 57.7 Å². The Morgan fingerprint density at radius 3 is 2.67 bits per heavy atom. The van der Waals surface area contributed by atoms with Crippen LogP contribution in [-0.4, -0.2) is 62.0 Å². The number of rotatable bonds is 5. The number of amides is 1. The molecule has 8 atom stereocenters. The van der Waals surface area contributed by atoms with Gasteiger partial charge in [-0.1, -0.05) is 6.92 Å². The highest BCUT2D eigenvalue weighted by molar-refractivity contribution is 6.20. The van der Waals surface area contributed by atoms with Crippen LogP contribution in [0.2, 0.25) is 0 Å². The minimum atomic E-state index is -0.0777. The highest BCUT2D eigenvalue weighted by atomic mass is 35.5. The van der Waals surface area contributed by atoms with E-state index < -0.39 is 0 Å². The van der Waals surface area contributed by atoms with Crippen LogP contribution in [0.1, 0.15) is 58.3 Å². The third-order valence-electron chi connectivity index (χ3n) is 7.73. The Bertz CT molecular complexity index is 560. The zero-order valence-electron chi connectivity index (χ0n) is 18.4. The average Bonchev–Trinajstić information content (AvgIpc) is 2.77. The highest BCUT2D eigenvalue weighted by Gasteiger charge is 2.34. The predicted molar refractivity (Wildman–Crippen MR) is 121 cm³/mol. The van der Waals surface area contributed by atoms with Crippen molar-refractivity contribution in [3.8, 4) is 0 Å². The third-order valence-corrected chi connectivity index (χ3v) is 8.06. The fourth-order valence-electron chi connectivity index (χ4n) is 5.76. The summed E-state index contributed by atoms with van der Waals surface area (Å²) in [6, 6.07) is 1.25. The number of piperidine rings is 2. The molecule has 4 aliphatic rings. The van der Waals surface area contributed by atoms with Gasteiger partial charge in [0, 0.05) is 24.0 Å². The molecule has 8 heteroatoms. The van der Waals surface area contributed by atoms with Gasteiger partial charge in [-0.3, -0.25) is 20.7 Å². The molecule has 4 rings (SSSR count). The lowest BCUT2D eigenvalue weighted by Crippen LogP contribution is -2.66. The maximum absolute atomic E-state index is 12.8. The van der Waals surface area contributed by atoms with E-state index in [1.165, 1.54) is 25.8 Å². The molecule has 3 heterocycles. The highest BCUT2D eigenvalue weighted by Crippen LogP contribution is 2.27. The van der Waals surface area contributed by atoms with Gasteiger partial charge in [0.05, 0.1) is 5.50 Å². The van der Waals surface area contributed by atoms with E-state index in [1.54, 1.807) is 0 Å². The number of carbonyl (C=O) groups excluding carboxylic acids is 1. The number of alkyl halides is 1. The van der Waals surface area contributed by atoms with Crippen molar-refractivity contribution < 1.29 is 4.79 Å². The first-order valence-corrected chi connectivity index (χ1v) is 12.7. The maximum Gasteiger partial charge on any atom is 0.223 e. The van der Waals surface area contributed by atoms with Crippen LogP contribution in [0.5, 0.6) is 0 Å². The molecule has 172 valence electrons. The fourth-order valence-corrected chi connectivity index (χ4v) is 6.09. The minimum absolute atomic E-state index is 0.0473. The van der Waals surface area contributed by atoms with Crippen LogP contribution in [-0.2, 0) is 4.79 Å². The molecule has 6 N–H and O–H groups in total. The van der Waals surface area contributed by atoms with Gasteiger partial charge in [0.1, 0.15) is 6.29 Å². The zero-order chi connectivity index (χ0) is 20.9. The fraction of sp³-hybridized carbons (Fsp3) is 0.955. The van der Waals surface area contributed by atoms with Crippen molar-refractivity contribution in [1.29, 1.82) is 0 Å². The first-order chi connectivity index (χ1) is 14.6. The van der Waals surface area contributed by atoms with Crippen molar-refractivity contribution in [3.63, 3.8) is 0 Å². The summed E-state index contributed by atoms with van der Waals surface area (Å²) in [5, 5.41) is 21.4. The lowest BCUT2D eigenvalue weighted by Gasteiger charge is -2.43. The first-order valence-electron chi connectivity index (χ1n) is 12.2. The predicted octanol–water partition coefficient (Wildman–Crippen LogP) is 1.05. The molecule has 4 fully saturated rings. The van der Waals surface area contributed by atoms with Gasteiger partial charge in [0.2, 0.25) is 5.91 Å². The molecule has 30 heavy (non-hydrogen) atoms. The lowest BCUT2D eigenvalue weighted by molar-refractivity contribution is -0.127. The van der Waals surface area contributed by atoms with Gasteiger partial charge in [-0.25, -0.2) is 0 Å². The summed E-state index contributed by atoms with van der Waals surface area (Å²) >= 11 is 6.20. The van der Waals surface area contributed by atoms with E-state index >= 15 is 0 Å². The molecule has 1 saturated carbocycles. The van der Waals surface area contributed by atoms with Crippen molar-refractivity contribution >= 4 is 17.5 Å².